The fraction of sp³-hybridized carbons (Fsp3) is 0.333. The minimum Gasteiger partial charge on any atom is -0.497 e. The molecule has 148 valence electrons. The van der Waals surface area contributed by atoms with Crippen LogP contribution in [0.2, 0.25) is 0 Å². The van der Waals surface area contributed by atoms with E-state index in [-0.39, 0.29) is 19.1 Å². The van der Waals surface area contributed by atoms with Crippen molar-refractivity contribution in [3.8, 4) is 11.5 Å². The number of carbonyl (C=O) groups excluding carboxylic acids is 2. The molecule has 0 N–H and O–H groups in total. The van der Waals surface area contributed by atoms with E-state index in [0.717, 1.165) is 17.0 Å². The third kappa shape index (κ3) is 5.19. The first-order valence-corrected chi connectivity index (χ1v) is 9.93. The van der Waals surface area contributed by atoms with Crippen molar-refractivity contribution in [1.29, 1.82) is 0 Å². The predicted molar refractivity (Wildman–Crippen MR) is 108 cm³/mol. The van der Waals surface area contributed by atoms with Crippen LogP contribution in [-0.2, 0) is 14.3 Å². The van der Waals surface area contributed by atoms with E-state index < -0.39 is 5.97 Å². The highest BCUT2D eigenvalue weighted by Gasteiger charge is 2.24. The van der Waals surface area contributed by atoms with Crippen LogP contribution >= 0.6 is 11.8 Å². The third-order valence-corrected chi connectivity index (χ3v) is 5.55. The molecule has 28 heavy (non-hydrogen) atoms. The minimum atomic E-state index is -0.588. The van der Waals surface area contributed by atoms with Crippen molar-refractivity contribution in [2.45, 2.75) is 23.5 Å². The molecule has 1 heterocycles. The Hall–Kier alpha value is -2.67. The fourth-order valence-corrected chi connectivity index (χ4v) is 3.93. The summed E-state index contributed by atoms with van der Waals surface area (Å²) in [5.74, 6) is 0.400. The molecule has 1 aliphatic rings. The van der Waals surface area contributed by atoms with Crippen molar-refractivity contribution in [1.82, 2.24) is 0 Å². The second kappa shape index (κ2) is 9.50. The number of nitrogens with zero attached hydrogens (tertiary/aromatic N) is 1. The van der Waals surface area contributed by atoms with Crippen molar-refractivity contribution in [3.05, 3.63) is 48.5 Å². The topological polar surface area (TPSA) is 65.1 Å². The van der Waals surface area contributed by atoms with Crippen molar-refractivity contribution < 1.29 is 23.8 Å². The Labute approximate surface area is 168 Å². The lowest BCUT2D eigenvalue weighted by Crippen LogP contribution is -2.36. The molecule has 0 saturated heterocycles. The molecule has 7 heteroatoms. The maximum Gasteiger partial charge on any atom is 0.344 e. The molecule has 0 aliphatic carbocycles. The van der Waals surface area contributed by atoms with Gasteiger partial charge in [-0.3, -0.25) is 4.79 Å². The van der Waals surface area contributed by atoms with Crippen molar-refractivity contribution in [2.24, 2.45) is 0 Å². The highest BCUT2D eigenvalue weighted by molar-refractivity contribution is 8.00. The number of hydrogen-bond acceptors (Lipinski definition) is 6. The monoisotopic (exact) mass is 401 g/mol. The summed E-state index contributed by atoms with van der Waals surface area (Å²) in [6.07, 6.45) is 0.875. The number of carbonyl (C=O) groups is 2. The Morgan fingerprint density at radius 1 is 1.07 bits per heavy atom. The lowest BCUT2D eigenvalue weighted by atomic mass is 10.2. The molecule has 6 nitrogen and oxygen atoms in total. The molecule has 1 atom stereocenters. The average molecular weight is 401 g/mol. The molecule has 0 radical (unpaired) electrons. The van der Waals surface area contributed by atoms with Crippen LogP contribution in [0, 0.1) is 0 Å². The van der Waals surface area contributed by atoms with Crippen molar-refractivity contribution in [3.63, 3.8) is 0 Å². The Balaban J connectivity index is 1.52. The van der Waals surface area contributed by atoms with Crippen LogP contribution in [0.5, 0.6) is 11.5 Å². The molecule has 1 aliphatic heterocycles. The second-order valence-corrected chi connectivity index (χ2v) is 7.84. The smallest absolute Gasteiger partial charge is 0.344 e. The Bertz CT molecular complexity index is 824. The van der Waals surface area contributed by atoms with Crippen molar-refractivity contribution >= 4 is 29.3 Å². The quantitative estimate of drug-likeness (QED) is 0.690. The number of ether oxygens (including phenoxy) is 3. The summed E-state index contributed by atoms with van der Waals surface area (Å²) in [6, 6.07) is 14.7. The highest BCUT2D eigenvalue weighted by Crippen LogP contribution is 2.37. The first kappa shape index (κ1) is 20.1. The summed E-state index contributed by atoms with van der Waals surface area (Å²) in [4.78, 5) is 27.4. The number of anilines is 1. The van der Waals surface area contributed by atoms with Gasteiger partial charge in [0, 0.05) is 16.7 Å². The number of hydrogen-bond donors (Lipinski definition) is 0. The molecule has 0 saturated carbocycles. The number of thioether (sulfide) groups is 1. The van der Waals surface area contributed by atoms with Gasteiger partial charge in [0.15, 0.2) is 13.2 Å². The number of esters is 1. The summed E-state index contributed by atoms with van der Waals surface area (Å²) < 4.78 is 15.6. The summed E-state index contributed by atoms with van der Waals surface area (Å²) in [6.45, 7) is 2.18. The summed E-state index contributed by atoms with van der Waals surface area (Å²) in [5, 5.41) is 0.416. The van der Waals surface area contributed by atoms with Crippen LogP contribution in [0.1, 0.15) is 13.3 Å². The zero-order valence-corrected chi connectivity index (χ0v) is 16.7. The highest BCUT2D eigenvalue weighted by atomic mass is 32.2. The van der Waals surface area contributed by atoms with Crippen LogP contribution in [0.15, 0.2) is 53.4 Å². The number of rotatable bonds is 6. The van der Waals surface area contributed by atoms with E-state index >= 15 is 0 Å². The van der Waals surface area contributed by atoms with Crippen LogP contribution in [0.4, 0.5) is 5.69 Å². The lowest BCUT2D eigenvalue weighted by molar-refractivity contribution is -0.149. The van der Waals surface area contributed by atoms with E-state index in [2.05, 4.69) is 6.92 Å². The van der Waals surface area contributed by atoms with Crippen LogP contribution < -0.4 is 14.4 Å². The zero-order valence-electron chi connectivity index (χ0n) is 15.9. The SMILES string of the molecule is COc1ccc(OCC(=O)OCC(=O)N2CC[C@@H](C)Sc3ccccc32)cc1. The van der Waals surface area contributed by atoms with Crippen molar-refractivity contribution in [2.75, 3.05) is 31.8 Å². The molecular formula is C21H23NO5S. The van der Waals surface area contributed by atoms with E-state index in [0.29, 0.717) is 23.3 Å². The van der Waals surface area contributed by atoms with Gasteiger partial charge in [0.05, 0.1) is 12.8 Å². The number of para-hydroxylation sites is 1. The molecule has 0 fully saturated rings. The van der Waals surface area contributed by atoms with Gasteiger partial charge in [-0.05, 0) is 42.8 Å². The van der Waals surface area contributed by atoms with E-state index in [9.17, 15) is 9.59 Å². The Morgan fingerprint density at radius 2 is 1.79 bits per heavy atom. The van der Waals surface area contributed by atoms with Gasteiger partial charge in [0.2, 0.25) is 0 Å². The number of benzene rings is 2. The summed E-state index contributed by atoms with van der Waals surface area (Å²) in [7, 11) is 1.58. The molecule has 0 aromatic heterocycles. The Morgan fingerprint density at radius 3 is 2.54 bits per heavy atom. The van der Waals surface area contributed by atoms with Gasteiger partial charge in [0.1, 0.15) is 11.5 Å². The van der Waals surface area contributed by atoms with Crippen LogP contribution in [-0.4, -0.2) is 44.0 Å². The van der Waals surface area contributed by atoms with Gasteiger partial charge in [-0.2, -0.15) is 0 Å². The predicted octanol–water partition coefficient (Wildman–Crippen LogP) is 3.53. The molecule has 2 aromatic rings. The van der Waals surface area contributed by atoms with Gasteiger partial charge in [-0.25, -0.2) is 4.79 Å². The minimum absolute atomic E-state index is 0.236. The molecule has 1 amide bonds. The van der Waals surface area contributed by atoms with E-state index in [1.165, 1.54) is 0 Å². The molecule has 2 aromatic carbocycles. The van der Waals surface area contributed by atoms with Gasteiger partial charge < -0.3 is 19.1 Å². The number of methoxy groups -OCH3 is 1. The first-order valence-electron chi connectivity index (χ1n) is 9.05. The molecule has 0 unspecified atom stereocenters. The maximum absolute atomic E-state index is 12.7. The van der Waals surface area contributed by atoms with Gasteiger partial charge in [-0.1, -0.05) is 19.1 Å². The summed E-state index contributed by atoms with van der Waals surface area (Å²) >= 11 is 1.76. The lowest BCUT2D eigenvalue weighted by Gasteiger charge is -2.22. The number of fused-ring (bicyclic) bond motifs is 1. The zero-order chi connectivity index (χ0) is 19.9. The van der Waals surface area contributed by atoms with Crippen LogP contribution in [0.25, 0.3) is 0 Å². The maximum atomic E-state index is 12.7. The summed E-state index contributed by atoms with van der Waals surface area (Å²) in [5.41, 5.74) is 0.868. The first-order chi connectivity index (χ1) is 13.6. The standard InChI is InChI=1S/C21H23NO5S/c1-15-11-12-22(18-5-3-4-6-19(18)28-15)20(23)13-27-21(24)14-26-17-9-7-16(25-2)8-10-17/h3-10,15H,11-14H2,1-2H3/t15-/m1/s1. The molecule has 3 rings (SSSR count). The van der Waals surface area contributed by atoms with Gasteiger partial charge >= 0.3 is 5.97 Å². The second-order valence-electron chi connectivity index (χ2n) is 6.36. The largest absolute Gasteiger partial charge is 0.497 e. The van der Waals surface area contributed by atoms with E-state index in [4.69, 9.17) is 14.2 Å². The van der Waals surface area contributed by atoms with Crippen LogP contribution in [0.3, 0.4) is 0 Å². The van der Waals surface area contributed by atoms with Gasteiger partial charge in [-0.15, -0.1) is 11.8 Å². The third-order valence-electron chi connectivity index (χ3n) is 4.32. The van der Waals surface area contributed by atoms with E-state index in [1.54, 1.807) is 48.0 Å². The molecule has 0 bridgehead atoms. The normalized spacial score (nSPS) is 15.9. The number of amides is 1. The average Bonchev–Trinajstić information content (AvgIpc) is 2.89. The Kier molecular flexibility index (Phi) is 6.81. The molecular weight excluding hydrogens is 378 g/mol. The molecule has 0 spiro atoms. The van der Waals surface area contributed by atoms with Gasteiger partial charge in [0.25, 0.3) is 5.91 Å². The van der Waals surface area contributed by atoms with E-state index in [1.807, 2.05) is 24.3 Å². The fourth-order valence-electron chi connectivity index (χ4n) is 2.82.